The highest BCUT2D eigenvalue weighted by Gasteiger charge is 2.48. The zero-order valence-corrected chi connectivity index (χ0v) is 15.4. The molecule has 0 radical (unpaired) electrons. The first-order valence-corrected chi connectivity index (χ1v) is 8.68. The maximum absolute atomic E-state index is 13.3. The molecule has 0 N–H and O–H groups in total. The Bertz CT molecular complexity index is 918. The van der Waals surface area contributed by atoms with Crippen LogP contribution in [0.25, 0.3) is 5.69 Å². The van der Waals surface area contributed by atoms with Crippen LogP contribution in [0.1, 0.15) is 46.3 Å². The number of hydrogen-bond acceptors (Lipinski definition) is 4. The maximum atomic E-state index is 13.3. The molecule has 1 atom stereocenters. The van der Waals surface area contributed by atoms with Gasteiger partial charge in [0.2, 0.25) is 0 Å². The van der Waals surface area contributed by atoms with Gasteiger partial charge in [0.25, 0.3) is 11.8 Å². The van der Waals surface area contributed by atoms with Crippen molar-refractivity contribution in [2.24, 2.45) is 0 Å². The molecule has 7 nitrogen and oxygen atoms in total. The predicted molar refractivity (Wildman–Crippen MR) is 95.8 cm³/mol. The van der Waals surface area contributed by atoms with Crippen molar-refractivity contribution in [3.05, 3.63) is 41.5 Å². The average molecular weight is 354 g/mol. The molecule has 26 heavy (non-hydrogen) atoms. The fourth-order valence-corrected chi connectivity index (χ4v) is 4.12. The van der Waals surface area contributed by atoms with Crippen LogP contribution in [0.15, 0.2) is 24.5 Å². The zero-order chi connectivity index (χ0) is 18.6. The predicted octanol–water partition coefficient (Wildman–Crippen LogP) is 2.05. The molecule has 1 unspecified atom stereocenters. The lowest BCUT2D eigenvalue weighted by molar-refractivity contribution is 0.0611. The lowest BCUT2D eigenvalue weighted by Gasteiger charge is -2.34. The normalized spacial score (nSPS) is 20.9. The third-order valence-corrected chi connectivity index (χ3v) is 5.47. The van der Waals surface area contributed by atoms with Crippen LogP contribution in [-0.2, 0) is 5.54 Å². The molecule has 1 aromatic heterocycles. The Kier molecular flexibility index (Phi) is 3.57. The molecule has 0 bridgehead atoms. The van der Waals surface area contributed by atoms with E-state index in [4.69, 9.17) is 4.74 Å². The third kappa shape index (κ3) is 2.09. The molecule has 2 amide bonds. The van der Waals surface area contributed by atoms with Crippen molar-refractivity contribution >= 4 is 11.8 Å². The van der Waals surface area contributed by atoms with Crippen molar-refractivity contribution < 1.29 is 14.3 Å². The lowest BCUT2D eigenvalue weighted by Crippen LogP contribution is -2.43. The van der Waals surface area contributed by atoms with Gasteiger partial charge in [0.1, 0.15) is 12.1 Å². The summed E-state index contributed by atoms with van der Waals surface area (Å²) in [7, 11) is 5.01. The van der Waals surface area contributed by atoms with E-state index in [0.29, 0.717) is 23.6 Å². The van der Waals surface area contributed by atoms with Gasteiger partial charge in [-0.1, -0.05) is 0 Å². The number of carbonyl (C=O) groups excluding carboxylic acids is 2. The van der Waals surface area contributed by atoms with E-state index in [9.17, 15) is 9.59 Å². The van der Waals surface area contributed by atoms with E-state index in [1.165, 1.54) is 4.90 Å². The number of methoxy groups -OCH3 is 1. The Morgan fingerprint density at radius 3 is 2.81 bits per heavy atom. The molecular formula is C19H22N4O3. The van der Waals surface area contributed by atoms with Crippen molar-refractivity contribution in [1.82, 2.24) is 19.4 Å². The molecule has 1 aromatic carbocycles. The number of nitrogens with zero attached hydrogens (tertiary/aromatic N) is 4. The summed E-state index contributed by atoms with van der Waals surface area (Å²) in [5.41, 5.74) is 1.91. The first-order chi connectivity index (χ1) is 12.4. The van der Waals surface area contributed by atoms with Gasteiger partial charge in [0.05, 0.1) is 29.6 Å². The Morgan fingerprint density at radius 1 is 1.35 bits per heavy atom. The van der Waals surface area contributed by atoms with E-state index in [1.54, 1.807) is 33.6 Å². The second kappa shape index (κ2) is 5.59. The van der Waals surface area contributed by atoms with Crippen molar-refractivity contribution in [3.8, 4) is 11.4 Å². The van der Waals surface area contributed by atoms with E-state index >= 15 is 0 Å². The minimum atomic E-state index is -0.569. The van der Waals surface area contributed by atoms with Crippen LogP contribution < -0.4 is 4.74 Å². The fraction of sp³-hybridized carbons (Fsp3) is 0.421. The number of hydrogen-bond donors (Lipinski definition) is 0. The van der Waals surface area contributed by atoms with Crippen LogP contribution in [-0.4, -0.2) is 58.9 Å². The Hall–Kier alpha value is -2.83. The van der Waals surface area contributed by atoms with Crippen LogP contribution in [0.2, 0.25) is 0 Å². The molecule has 1 fully saturated rings. The molecule has 0 aliphatic carbocycles. The molecule has 1 saturated heterocycles. The minimum Gasteiger partial charge on any atom is -0.497 e. The third-order valence-electron chi connectivity index (χ3n) is 5.47. The molecule has 7 heteroatoms. The minimum absolute atomic E-state index is 0.0362. The molecule has 0 saturated carbocycles. The van der Waals surface area contributed by atoms with Crippen LogP contribution >= 0.6 is 0 Å². The van der Waals surface area contributed by atoms with Gasteiger partial charge in [-0.3, -0.25) is 14.2 Å². The van der Waals surface area contributed by atoms with Gasteiger partial charge in [0, 0.05) is 20.6 Å². The van der Waals surface area contributed by atoms with E-state index in [0.717, 1.165) is 24.2 Å². The Balaban J connectivity index is 2.03. The smallest absolute Gasteiger partial charge is 0.273 e. The van der Waals surface area contributed by atoms with Crippen molar-refractivity contribution in [2.45, 2.75) is 25.3 Å². The second-order valence-electron chi connectivity index (χ2n) is 7.23. The number of fused-ring (bicyclic) bond motifs is 5. The van der Waals surface area contributed by atoms with Gasteiger partial charge in [-0.25, -0.2) is 4.98 Å². The highest BCUT2D eigenvalue weighted by Crippen LogP contribution is 2.45. The van der Waals surface area contributed by atoms with E-state index in [1.807, 2.05) is 28.5 Å². The lowest BCUT2D eigenvalue weighted by atomic mass is 9.92. The van der Waals surface area contributed by atoms with E-state index in [2.05, 4.69) is 4.98 Å². The SMILES string of the molecule is COc1ccc2c(c1)C(=O)N1CCCC1(C)c1c(C(=O)N(C)C)ncn1-2. The van der Waals surface area contributed by atoms with Gasteiger partial charge >= 0.3 is 0 Å². The summed E-state index contributed by atoms with van der Waals surface area (Å²) in [6.45, 7) is 2.69. The molecule has 2 aromatic rings. The highest BCUT2D eigenvalue weighted by molar-refractivity contribution is 6.01. The summed E-state index contributed by atoms with van der Waals surface area (Å²) in [6, 6.07) is 5.44. The summed E-state index contributed by atoms with van der Waals surface area (Å²) in [6.07, 6.45) is 3.34. The quantitative estimate of drug-likeness (QED) is 0.828. The first kappa shape index (κ1) is 16.6. The summed E-state index contributed by atoms with van der Waals surface area (Å²) in [4.78, 5) is 33.9. The maximum Gasteiger partial charge on any atom is 0.273 e. The van der Waals surface area contributed by atoms with Gasteiger partial charge in [-0.05, 0) is 38.0 Å². The number of carbonyl (C=O) groups is 2. The second-order valence-corrected chi connectivity index (χ2v) is 7.23. The molecule has 4 rings (SSSR count). The summed E-state index contributed by atoms with van der Waals surface area (Å²) in [5.74, 6) is 0.438. The van der Waals surface area contributed by atoms with E-state index < -0.39 is 5.54 Å². The molecule has 3 heterocycles. The fourth-order valence-electron chi connectivity index (χ4n) is 4.12. The molecule has 136 valence electrons. The van der Waals surface area contributed by atoms with Gasteiger partial charge in [-0.15, -0.1) is 0 Å². The molecule has 0 spiro atoms. The molecule has 2 aliphatic heterocycles. The van der Waals surface area contributed by atoms with Crippen LogP contribution in [0.3, 0.4) is 0 Å². The van der Waals surface area contributed by atoms with Gasteiger partial charge < -0.3 is 14.5 Å². The van der Waals surface area contributed by atoms with Crippen molar-refractivity contribution in [2.75, 3.05) is 27.7 Å². The Morgan fingerprint density at radius 2 is 2.12 bits per heavy atom. The number of benzene rings is 1. The number of amides is 2. The number of ether oxygens (including phenoxy) is 1. The van der Waals surface area contributed by atoms with E-state index in [-0.39, 0.29) is 11.8 Å². The topological polar surface area (TPSA) is 67.7 Å². The largest absolute Gasteiger partial charge is 0.497 e. The summed E-state index contributed by atoms with van der Waals surface area (Å²) >= 11 is 0. The average Bonchev–Trinajstić information content (AvgIpc) is 3.22. The van der Waals surface area contributed by atoms with Crippen molar-refractivity contribution in [1.29, 1.82) is 0 Å². The van der Waals surface area contributed by atoms with Gasteiger partial charge in [0.15, 0.2) is 5.69 Å². The summed E-state index contributed by atoms with van der Waals surface area (Å²) < 4.78 is 7.21. The summed E-state index contributed by atoms with van der Waals surface area (Å²) in [5, 5.41) is 0. The zero-order valence-electron chi connectivity index (χ0n) is 15.4. The number of imidazole rings is 1. The molecule has 2 aliphatic rings. The number of aromatic nitrogens is 2. The monoisotopic (exact) mass is 354 g/mol. The highest BCUT2D eigenvalue weighted by atomic mass is 16.5. The molecular weight excluding hydrogens is 332 g/mol. The number of rotatable bonds is 2. The van der Waals surface area contributed by atoms with Crippen molar-refractivity contribution in [3.63, 3.8) is 0 Å². The first-order valence-electron chi connectivity index (χ1n) is 8.68. The van der Waals surface area contributed by atoms with Crippen LogP contribution in [0.5, 0.6) is 5.75 Å². The van der Waals surface area contributed by atoms with Gasteiger partial charge in [-0.2, -0.15) is 0 Å². The van der Waals surface area contributed by atoms with Crippen LogP contribution in [0, 0.1) is 0 Å². The Labute approximate surface area is 152 Å². The van der Waals surface area contributed by atoms with Crippen LogP contribution in [0.4, 0.5) is 0 Å². The standard InChI is InChI=1S/C19H22N4O3/c1-19-8-5-9-23(19)17(24)13-10-12(26-4)6-7-14(13)22-11-20-15(16(19)22)18(25)21(2)3/h6-7,10-11H,5,8-9H2,1-4H3.